The highest BCUT2D eigenvalue weighted by atomic mass is 35.5. The molecular weight excluding hydrogens is 495 g/mol. The van der Waals surface area contributed by atoms with E-state index < -0.39 is 22.5 Å². The molecule has 3 aromatic carbocycles. The van der Waals surface area contributed by atoms with Crippen molar-refractivity contribution in [1.29, 1.82) is 0 Å². The Morgan fingerprint density at radius 1 is 1.03 bits per heavy atom. The third-order valence-corrected chi connectivity index (χ3v) is 7.38. The van der Waals surface area contributed by atoms with Crippen LogP contribution in [0.25, 0.3) is 0 Å². The average molecular weight is 514 g/mol. The predicted octanol–water partition coefficient (Wildman–Crippen LogP) is 5.80. The summed E-state index contributed by atoms with van der Waals surface area (Å²) in [4.78, 5) is 12.8. The minimum atomic E-state index is -4.19. The molecule has 0 aliphatic rings. The number of halogens is 3. The topological polar surface area (TPSA) is 75.7 Å². The number of aryl methyl sites for hydroxylation is 1. The molecule has 0 aromatic heterocycles. The maximum atomic E-state index is 13.6. The van der Waals surface area contributed by atoms with E-state index in [4.69, 9.17) is 39.5 Å². The van der Waals surface area contributed by atoms with E-state index in [2.05, 4.69) is 5.32 Å². The number of ether oxygens (including phenoxy) is 1. The number of hydrogen-bond acceptors (Lipinski definition) is 4. The third kappa shape index (κ3) is 5.30. The Morgan fingerprint density at radius 2 is 1.72 bits per heavy atom. The van der Waals surface area contributed by atoms with Gasteiger partial charge in [0, 0.05) is 5.02 Å². The Balaban J connectivity index is 2.03. The first-order chi connectivity index (χ1) is 15.1. The van der Waals surface area contributed by atoms with Gasteiger partial charge in [0.25, 0.3) is 10.0 Å². The van der Waals surface area contributed by atoms with E-state index in [-0.39, 0.29) is 32.1 Å². The minimum Gasteiger partial charge on any atom is -0.495 e. The summed E-state index contributed by atoms with van der Waals surface area (Å²) in [5.41, 5.74) is 1.24. The summed E-state index contributed by atoms with van der Waals surface area (Å²) in [5.74, 6) is -0.452. The van der Waals surface area contributed by atoms with Crippen LogP contribution in [-0.2, 0) is 14.8 Å². The molecule has 0 atom stereocenters. The monoisotopic (exact) mass is 512 g/mol. The van der Waals surface area contributed by atoms with E-state index >= 15 is 0 Å². The molecule has 0 bridgehead atoms. The third-order valence-electron chi connectivity index (χ3n) is 4.51. The Kier molecular flexibility index (Phi) is 7.56. The lowest BCUT2D eigenvalue weighted by Crippen LogP contribution is -2.38. The van der Waals surface area contributed by atoms with E-state index in [1.54, 1.807) is 49.4 Å². The van der Waals surface area contributed by atoms with Gasteiger partial charge in [-0.1, -0.05) is 46.9 Å². The normalized spacial score (nSPS) is 11.2. The molecule has 6 nitrogen and oxygen atoms in total. The van der Waals surface area contributed by atoms with Gasteiger partial charge in [0.1, 0.15) is 17.2 Å². The smallest absolute Gasteiger partial charge is 0.268 e. The fourth-order valence-corrected chi connectivity index (χ4v) is 5.09. The summed E-state index contributed by atoms with van der Waals surface area (Å²) >= 11 is 18.1. The van der Waals surface area contributed by atoms with Gasteiger partial charge >= 0.3 is 0 Å². The zero-order valence-corrected chi connectivity index (χ0v) is 20.2. The van der Waals surface area contributed by atoms with Crippen molar-refractivity contribution < 1.29 is 17.9 Å². The van der Waals surface area contributed by atoms with Crippen LogP contribution in [0.4, 0.5) is 11.4 Å². The molecule has 0 saturated carbocycles. The fraction of sp³-hybridized carbons (Fsp3) is 0.136. The number of hydrogen-bond donors (Lipinski definition) is 1. The molecule has 3 aromatic rings. The van der Waals surface area contributed by atoms with Crippen molar-refractivity contribution in [3.8, 4) is 5.75 Å². The molecule has 168 valence electrons. The Morgan fingerprint density at radius 3 is 2.38 bits per heavy atom. The van der Waals surface area contributed by atoms with Crippen LogP contribution >= 0.6 is 34.8 Å². The van der Waals surface area contributed by atoms with Crippen LogP contribution in [0.3, 0.4) is 0 Å². The number of nitrogens with one attached hydrogen (secondary N) is 1. The number of benzene rings is 3. The van der Waals surface area contributed by atoms with E-state index in [0.29, 0.717) is 5.02 Å². The summed E-state index contributed by atoms with van der Waals surface area (Å²) in [5, 5.41) is 3.45. The second-order valence-electron chi connectivity index (χ2n) is 6.79. The number of amides is 1. The van der Waals surface area contributed by atoms with Gasteiger partial charge in [0.05, 0.1) is 28.5 Å². The molecule has 0 heterocycles. The van der Waals surface area contributed by atoms with Gasteiger partial charge in [-0.2, -0.15) is 0 Å². The first-order valence-electron chi connectivity index (χ1n) is 9.30. The summed E-state index contributed by atoms with van der Waals surface area (Å²) in [7, 11) is -2.81. The van der Waals surface area contributed by atoms with E-state index in [9.17, 15) is 13.2 Å². The number of nitrogens with zero attached hydrogens (tertiary/aromatic N) is 1. The number of sulfonamides is 1. The molecular formula is C22H19Cl3N2O4S. The molecule has 0 unspecified atom stereocenters. The average Bonchev–Trinajstić information content (AvgIpc) is 2.76. The molecule has 0 spiro atoms. The number of carbonyl (C=O) groups is 1. The van der Waals surface area contributed by atoms with Crippen LogP contribution in [0.1, 0.15) is 5.56 Å². The van der Waals surface area contributed by atoms with Crippen molar-refractivity contribution in [2.24, 2.45) is 0 Å². The largest absolute Gasteiger partial charge is 0.495 e. The standard InChI is InChI=1S/C22H19Cl3N2O4S/c1-14-6-11-19(31-2)20(12-14)32(29,30)27(16-9-7-15(23)8-10-16)13-21(28)26-18-5-3-4-17(24)22(18)25/h3-12H,13H2,1-2H3,(H,26,28). The Bertz CT molecular complexity index is 1250. The summed E-state index contributed by atoms with van der Waals surface area (Å²) in [6.07, 6.45) is 0. The highest BCUT2D eigenvalue weighted by Gasteiger charge is 2.30. The van der Waals surface area contributed by atoms with Crippen molar-refractivity contribution in [1.82, 2.24) is 0 Å². The highest BCUT2D eigenvalue weighted by molar-refractivity contribution is 7.93. The van der Waals surface area contributed by atoms with E-state index in [1.807, 2.05) is 0 Å². The molecule has 1 amide bonds. The lowest BCUT2D eigenvalue weighted by molar-refractivity contribution is -0.114. The number of rotatable bonds is 7. The molecule has 32 heavy (non-hydrogen) atoms. The van der Waals surface area contributed by atoms with Crippen molar-refractivity contribution >= 4 is 62.1 Å². The minimum absolute atomic E-state index is 0.0662. The van der Waals surface area contributed by atoms with Crippen LogP contribution in [0, 0.1) is 6.92 Å². The van der Waals surface area contributed by atoms with Crippen molar-refractivity contribution in [3.05, 3.63) is 81.3 Å². The highest BCUT2D eigenvalue weighted by Crippen LogP contribution is 2.32. The van der Waals surface area contributed by atoms with Crippen LogP contribution in [0.5, 0.6) is 5.75 Å². The first-order valence-corrected chi connectivity index (χ1v) is 11.9. The number of anilines is 2. The van der Waals surface area contributed by atoms with Crippen LogP contribution in [-0.4, -0.2) is 28.0 Å². The van der Waals surface area contributed by atoms with Gasteiger partial charge in [0.15, 0.2) is 0 Å². The summed E-state index contributed by atoms with van der Waals surface area (Å²) < 4.78 is 33.5. The van der Waals surface area contributed by atoms with Gasteiger partial charge in [0.2, 0.25) is 5.91 Å². The van der Waals surface area contributed by atoms with Crippen molar-refractivity contribution in [3.63, 3.8) is 0 Å². The zero-order chi connectivity index (χ0) is 23.5. The SMILES string of the molecule is COc1ccc(C)cc1S(=O)(=O)N(CC(=O)Nc1cccc(Cl)c1Cl)c1ccc(Cl)cc1. The second kappa shape index (κ2) is 10.0. The molecule has 0 fully saturated rings. The maximum Gasteiger partial charge on any atom is 0.268 e. The molecule has 0 aliphatic heterocycles. The lowest BCUT2D eigenvalue weighted by atomic mass is 10.2. The Labute approximate surface area is 201 Å². The van der Waals surface area contributed by atoms with Crippen LogP contribution < -0.4 is 14.4 Å². The zero-order valence-electron chi connectivity index (χ0n) is 17.1. The molecule has 0 radical (unpaired) electrons. The lowest BCUT2D eigenvalue weighted by Gasteiger charge is -2.25. The molecule has 10 heteroatoms. The molecule has 3 rings (SSSR count). The fourth-order valence-electron chi connectivity index (χ4n) is 2.95. The van der Waals surface area contributed by atoms with E-state index in [1.165, 1.54) is 25.3 Å². The number of carbonyl (C=O) groups excluding carboxylic acids is 1. The van der Waals surface area contributed by atoms with Gasteiger partial charge in [-0.15, -0.1) is 0 Å². The first kappa shape index (κ1) is 24.2. The van der Waals surface area contributed by atoms with Gasteiger partial charge in [-0.3, -0.25) is 9.10 Å². The summed E-state index contributed by atoms with van der Waals surface area (Å²) in [6.45, 7) is 1.24. The number of methoxy groups -OCH3 is 1. The molecule has 1 N–H and O–H groups in total. The Hall–Kier alpha value is -2.45. The summed E-state index contributed by atoms with van der Waals surface area (Å²) in [6, 6.07) is 15.7. The van der Waals surface area contributed by atoms with Crippen molar-refractivity contribution in [2.45, 2.75) is 11.8 Å². The molecule has 0 aliphatic carbocycles. The van der Waals surface area contributed by atoms with E-state index in [0.717, 1.165) is 9.87 Å². The van der Waals surface area contributed by atoms with Crippen LogP contribution in [0.15, 0.2) is 65.6 Å². The predicted molar refractivity (Wildman–Crippen MR) is 129 cm³/mol. The van der Waals surface area contributed by atoms with Gasteiger partial charge in [-0.05, 0) is 61.0 Å². The second-order valence-corrected chi connectivity index (χ2v) is 9.84. The molecule has 0 saturated heterocycles. The van der Waals surface area contributed by atoms with Gasteiger partial charge < -0.3 is 10.1 Å². The maximum absolute atomic E-state index is 13.6. The quantitative estimate of drug-likeness (QED) is 0.433. The van der Waals surface area contributed by atoms with Crippen LogP contribution in [0.2, 0.25) is 15.1 Å². The van der Waals surface area contributed by atoms with Gasteiger partial charge in [-0.25, -0.2) is 8.42 Å². The van der Waals surface area contributed by atoms with Crippen molar-refractivity contribution in [2.75, 3.05) is 23.3 Å².